The summed E-state index contributed by atoms with van der Waals surface area (Å²) in [6, 6.07) is -1.07. The highest BCUT2D eigenvalue weighted by Gasteiger charge is 2.40. The van der Waals surface area contributed by atoms with Crippen molar-refractivity contribution in [2.45, 2.75) is 37.8 Å². The zero-order chi connectivity index (χ0) is 17.3. The molecule has 1 aromatic heterocycles. The predicted octanol–water partition coefficient (Wildman–Crippen LogP) is -1.54. The van der Waals surface area contributed by atoms with Crippen molar-refractivity contribution in [2.75, 3.05) is 6.61 Å². The molecule has 0 aliphatic heterocycles. The Morgan fingerprint density at radius 3 is 2.67 bits per heavy atom. The minimum absolute atomic E-state index is 0.0821. The number of H-pyrrole nitrogens is 2. The first kappa shape index (κ1) is 16.4. The number of carbonyl (C=O) groups is 2. The molecule has 4 unspecified atom stereocenters. The van der Waals surface area contributed by atoms with Gasteiger partial charge in [0.1, 0.15) is 11.6 Å². The van der Waals surface area contributed by atoms with E-state index in [0.29, 0.717) is 11.8 Å². The summed E-state index contributed by atoms with van der Waals surface area (Å²) in [6.45, 7) is -0.584. The van der Waals surface area contributed by atoms with Gasteiger partial charge in [0.25, 0.3) is 11.5 Å². The Bertz CT molecular complexity index is 755. The van der Waals surface area contributed by atoms with E-state index in [1.54, 1.807) is 0 Å². The molecule has 0 spiro atoms. The summed E-state index contributed by atoms with van der Waals surface area (Å²) in [5.74, 6) is -0.183. The molecule has 0 radical (unpaired) electrons. The molecule has 0 aromatic carbocycles. The lowest BCUT2D eigenvalue weighted by Crippen LogP contribution is -2.53. The van der Waals surface area contributed by atoms with Crippen LogP contribution in [0.15, 0.2) is 15.8 Å². The van der Waals surface area contributed by atoms with Crippen LogP contribution in [-0.4, -0.2) is 45.6 Å². The maximum absolute atomic E-state index is 12.3. The van der Waals surface area contributed by atoms with Crippen molar-refractivity contribution in [1.82, 2.24) is 20.6 Å². The second-order valence-electron chi connectivity index (χ2n) is 6.48. The van der Waals surface area contributed by atoms with Gasteiger partial charge in [-0.3, -0.25) is 19.4 Å². The average molecular weight is 336 g/mol. The molecule has 2 amide bonds. The second-order valence-corrected chi connectivity index (χ2v) is 6.48. The summed E-state index contributed by atoms with van der Waals surface area (Å²) >= 11 is 0. The number of amides is 2. The molecule has 1 aromatic rings. The van der Waals surface area contributed by atoms with Crippen LogP contribution >= 0.6 is 0 Å². The number of aliphatic hydroxyl groups is 1. The van der Waals surface area contributed by atoms with Gasteiger partial charge in [0, 0.05) is 12.2 Å². The molecule has 130 valence electrons. The first-order valence-electron chi connectivity index (χ1n) is 8.02. The van der Waals surface area contributed by atoms with Crippen molar-refractivity contribution in [3.8, 4) is 0 Å². The molecule has 24 heavy (non-hydrogen) atoms. The van der Waals surface area contributed by atoms with E-state index in [1.807, 2.05) is 4.98 Å². The van der Waals surface area contributed by atoms with Crippen LogP contribution in [-0.2, 0) is 4.79 Å². The zero-order valence-corrected chi connectivity index (χ0v) is 13.0. The van der Waals surface area contributed by atoms with E-state index < -0.39 is 35.7 Å². The molecule has 2 aliphatic rings. The highest BCUT2D eigenvalue weighted by atomic mass is 16.3. The smallest absolute Gasteiger partial charge is 0.325 e. The Morgan fingerprint density at radius 1 is 1.29 bits per heavy atom. The van der Waals surface area contributed by atoms with Crippen molar-refractivity contribution in [3.63, 3.8) is 0 Å². The Kier molecular flexibility index (Phi) is 4.52. The van der Waals surface area contributed by atoms with Gasteiger partial charge in [0.05, 0.1) is 6.61 Å². The lowest BCUT2D eigenvalue weighted by atomic mass is 9.95. The summed E-state index contributed by atoms with van der Waals surface area (Å²) in [5, 5.41) is 14.6. The molecule has 2 aliphatic carbocycles. The Hall–Kier alpha value is -2.42. The number of carbonyl (C=O) groups excluding carboxylic acids is 2. The van der Waals surface area contributed by atoms with Gasteiger partial charge in [-0.2, -0.15) is 0 Å². The molecule has 3 rings (SSSR count). The monoisotopic (exact) mass is 336 g/mol. The molecule has 5 N–H and O–H groups in total. The van der Waals surface area contributed by atoms with E-state index >= 15 is 0 Å². The third-order valence-electron chi connectivity index (χ3n) is 4.93. The van der Waals surface area contributed by atoms with Crippen LogP contribution in [0.1, 0.15) is 36.0 Å². The van der Waals surface area contributed by atoms with Gasteiger partial charge >= 0.3 is 5.69 Å². The number of fused-ring (bicyclic) bond motifs is 2. The number of aromatic amines is 2. The van der Waals surface area contributed by atoms with E-state index in [1.165, 1.54) is 6.42 Å². The van der Waals surface area contributed by atoms with Crippen molar-refractivity contribution >= 4 is 11.8 Å². The maximum Gasteiger partial charge on any atom is 0.325 e. The minimum Gasteiger partial charge on any atom is -0.394 e. The predicted molar refractivity (Wildman–Crippen MR) is 83.4 cm³/mol. The highest BCUT2D eigenvalue weighted by Crippen LogP contribution is 2.44. The van der Waals surface area contributed by atoms with Crippen LogP contribution in [0.25, 0.3) is 0 Å². The first-order valence-corrected chi connectivity index (χ1v) is 8.02. The fraction of sp³-hybridized carbons (Fsp3) is 0.600. The van der Waals surface area contributed by atoms with Gasteiger partial charge in [0.2, 0.25) is 5.91 Å². The largest absolute Gasteiger partial charge is 0.394 e. The summed E-state index contributed by atoms with van der Waals surface area (Å²) < 4.78 is 0. The number of hydrogen-bond acceptors (Lipinski definition) is 5. The van der Waals surface area contributed by atoms with Crippen LogP contribution < -0.4 is 21.9 Å². The van der Waals surface area contributed by atoms with Gasteiger partial charge in [0.15, 0.2) is 0 Å². The summed E-state index contributed by atoms with van der Waals surface area (Å²) in [6.07, 6.45) is 5.32. The van der Waals surface area contributed by atoms with Crippen molar-refractivity contribution in [2.24, 2.45) is 11.8 Å². The molecular formula is C15H20N4O5. The second kappa shape index (κ2) is 6.60. The van der Waals surface area contributed by atoms with Crippen LogP contribution in [0.5, 0.6) is 0 Å². The lowest BCUT2D eigenvalue weighted by Gasteiger charge is -2.25. The molecule has 0 saturated heterocycles. The molecule has 1 heterocycles. The van der Waals surface area contributed by atoms with E-state index in [2.05, 4.69) is 15.6 Å². The molecule has 2 saturated carbocycles. The molecule has 4 atom stereocenters. The number of rotatable bonds is 5. The summed E-state index contributed by atoms with van der Waals surface area (Å²) in [4.78, 5) is 51.0. The fourth-order valence-corrected chi connectivity index (χ4v) is 3.71. The van der Waals surface area contributed by atoms with Crippen LogP contribution in [0.4, 0.5) is 0 Å². The van der Waals surface area contributed by atoms with Gasteiger partial charge in [-0.15, -0.1) is 0 Å². The van der Waals surface area contributed by atoms with E-state index in [-0.39, 0.29) is 11.6 Å². The van der Waals surface area contributed by atoms with E-state index in [4.69, 9.17) is 0 Å². The van der Waals surface area contributed by atoms with Gasteiger partial charge in [-0.25, -0.2) is 4.79 Å². The van der Waals surface area contributed by atoms with Crippen molar-refractivity contribution in [1.29, 1.82) is 0 Å². The molecular weight excluding hydrogens is 316 g/mol. The maximum atomic E-state index is 12.3. The molecule has 9 heteroatoms. The van der Waals surface area contributed by atoms with Crippen LogP contribution in [0.2, 0.25) is 0 Å². The van der Waals surface area contributed by atoms with E-state index in [9.17, 15) is 24.3 Å². The van der Waals surface area contributed by atoms with Gasteiger partial charge < -0.3 is 20.7 Å². The van der Waals surface area contributed by atoms with Crippen molar-refractivity contribution < 1.29 is 14.7 Å². The fourth-order valence-electron chi connectivity index (χ4n) is 3.71. The normalized spacial score (nSPS) is 26.1. The third-order valence-corrected chi connectivity index (χ3v) is 4.93. The highest BCUT2D eigenvalue weighted by molar-refractivity contribution is 5.97. The number of hydrogen-bond donors (Lipinski definition) is 5. The molecule has 2 bridgehead atoms. The van der Waals surface area contributed by atoms with Gasteiger partial charge in [-0.05, 0) is 31.1 Å². The minimum atomic E-state index is -1.15. The first-order chi connectivity index (χ1) is 11.5. The Labute approximate surface area is 136 Å². The van der Waals surface area contributed by atoms with E-state index in [0.717, 1.165) is 25.5 Å². The molecule has 2 fully saturated rings. The van der Waals surface area contributed by atoms with Crippen LogP contribution in [0, 0.1) is 11.8 Å². The Balaban J connectivity index is 1.63. The topological polar surface area (TPSA) is 144 Å². The van der Waals surface area contributed by atoms with Gasteiger partial charge in [-0.1, -0.05) is 6.42 Å². The summed E-state index contributed by atoms with van der Waals surface area (Å²) in [7, 11) is 0. The van der Waals surface area contributed by atoms with Crippen LogP contribution in [0.3, 0.4) is 0 Å². The van der Waals surface area contributed by atoms with Crippen molar-refractivity contribution in [3.05, 3.63) is 32.6 Å². The quantitative estimate of drug-likeness (QED) is 0.442. The standard InChI is InChI=1S/C15H20N4O5/c20-6-11(14(23)17-10-4-7-1-2-8(10)3-7)18-12(21)9-5-16-15(24)19-13(9)22/h5,7-8,10-11,20H,1-4,6H2,(H,17,23)(H,18,21)(H2,16,19,22,24). The third kappa shape index (κ3) is 3.25. The number of aromatic nitrogens is 2. The number of nitrogens with one attached hydrogen (secondary N) is 4. The molecule has 9 nitrogen and oxygen atoms in total. The average Bonchev–Trinajstić information content (AvgIpc) is 3.14. The SMILES string of the molecule is O=C(NC(CO)C(=O)NC1CC2CCC1C2)c1c[nH]c(=O)[nH]c1=O. The zero-order valence-electron chi connectivity index (χ0n) is 13.0. The Morgan fingerprint density at radius 2 is 2.08 bits per heavy atom. The lowest BCUT2D eigenvalue weighted by molar-refractivity contribution is -0.124. The number of aliphatic hydroxyl groups excluding tert-OH is 1. The summed E-state index contributed by atoms with van der Waals surface area (Å²) in [5.41, 5.74) is -1.92.